The molecule has 7 heteroatoms. The minimum atomic E-state index is -0.394. The molecular formula is C20H17N3O3S. The minimum Gasteiger partial charge on any atom is -0.423 e. The van der Waals surface area contributed by atoms with Gasteiger partial charge in [0.2, 0.25) is 5.91 Å². The third-order valence-electron chi connectivity index (χ3n) is 4.17. The van der Waals surface area contributed by atoms with Gasteiger partial charge in [-0.15, -0.1) is 0 Å². The second kappa shape index (κ2) is 7.28. The van der Waals surface area contributed by atoms with Crippen molar-refractivity contribution < 1.29 is 9.21 Å². The van der Waals surface area contributed by atoms with Crippen molar-refractivity contribution in [1.29, 1.82) is 0 Å². The molecule has 0 aliphatic heterocycles. The number of thioether (sulfide) groups is 1. The third-order valence-corrected chi connectivity index (χ3v) is 5.15. The van der Waals surface area contributed by atoms with Crippen LogP contribution in [-0.2, 0) is 11.3 Å². The number of carbonyl (C=O) groups excluding carboxylic acids is 1. The molecule has 0 aliphatic carbocycles. The summed E-state index contributed by atoms with van der Waals surface area (Å²) in [5, 5.41) is 4.46. The van der Waals surface area contributed by atoms with Gasteiger partial charge in [0.1, 0.15) is 5.58 Å². The molecule has 2 aromatic carbocycles. The van der Waals surface area contributed by atoms with E-state index in [-0.39, 0.29) is 11.7 Å². The Morgan fingerprint density at radius 2 is 2.04 bits per heavy atom. The maximum absolute atomic E-state index is 12.3. The van der Waals surface area contributed by atoms with Crippen molar-refractivity contribution >= 4 is 45.4 Å². The van der Waals surface area contributed by atoms with E-state index in [1.165, 1.54) is 17.8 Å². The average molecular weight is 379 g/mol. The summed E-state index contributed by atoms with van der Waals surface area (Å²) in [6.45, 7) is 2.85. The molecule has 0 fully saturated rings. The van der Waals surface area contributed by atoms with Crippen LogP contribution in [0.2, 0.25) is 0 Å². The lowest BCUT2D eigenvalue weighted by atomic mass is 10.2. The molecular weight excluding hydrogens is 362 g/mol. The van der Waals surface area contributed by atoms with E-state index in [1.54, 1.807) is 24.3 Å². The molecule has 0 unspecified atom stereocenters. The number of rotatable bonds is 5. The first-order valence-corrected chi connectivity index (χ1v) is 9.54. The first kappa shape index (κ1) is 17.4. The van der Waals surface area contributed by atoms with Crippen LogP contribution in [0.5, 0.6) is 0 Å². The van der Waals surface area contributed by atoms with E-state index in [2.05, 4.69) is 21.8 Å². The van der Waals surface area contributed by atoms with E-state index in [0.717, 1.165) is 28.1 Å². The second-order valence-corrected chi connectivity index (χ2v) is 6.91. The van der Waals surface area contributed by atoms with Crippen molar-refractivity contribution in [3.63, 3.8) is 0 Å². The molecule has 2 heterocycles. The number of aryl methyl sites for hydroxylation is 1. The number of para-hydroxylation sites is 2. The van der Waals surface area contributed by atoms with Crippen LogP contribution in [-0.4, -0.2) is 21.2 Å². The van der Waals surface area contributed by atoms with Gasteiger partial charge in [-0.05, 0) is 43.3 Å². The fourth-order valence-electron chi connectivity index (χ4n) is 2.95. The van der Waals surface area contributed by atoms with Crippen molar-refractivity contribution in [1.82, 2.24) is 9.55 Å². The Hall–Kier alpha value is -3.06. The van der Waals surface area contributed by atoms with Crippen LogP contribution in [0.15, 0.2) is 69.0 Å². The Morgan fingerprint density at radius 1 is 1.19 bits per heavy atom. The molecule has 0 radical (unpaired) electrons. The highest BCUT2D eigenvalue weighted by Crippen LogP contribution is 2.24. The van der Waals surface area contributed by atoms with Crippen molar-refractivity contribution in [2.24, 2.45) is 0 Å². The highest BCUT2D eigenvalue weighted by Gasteiger charge is 2.12. The summed E-state index contributed by atoms with van der Waals surface area (Å²) in [5.41, 5.74) is 2.75. The van der Waals surface area contributed by atoms with Gasteiger partial charge in [-0.25, -0.2) is 9.78 Å². The Balaban J connectivity index is 1.47. The topological polar surface area (TPSA) is 77.1 Å². The molecule has 0 spiro atoms. The summed E-state index contributed by atoms with van der Waals surface area (Å²) in [5.74, 6) is 0.136. The number of fused-ring (bicyclic) bond motifs is 2. The zero-order valence-electron chi connectivity index (χ0n) is 14.6. The predicted molar refractivity (Wildman–Crippen MR) is 107 cm³/mol. The lowest BCUT2D eigenvalue weighted by Gasteiger charge is -2.07. The van der Waals surface area contributed by atoms with Crippen LogP contribution < -0.4 is 10.9 Å². The van der Waals surface area contributed by atoms with E-state index in [9.17, 15) is 9.59 Å². The van der Waals surface area contributed by atoms with Crippen LogP contribution in [0.4, 0.5) is 5.69 Å². The normalized spacial score (nSPS) is 11.1. The highest BCUT2D eigenvalue weighted by molar-refractivity contribution is 7.99. The molecule has 1 amide bonds. The molecule has 4 aromatic rings. The monoisotopic (exact) mass is 379 g/mol. The number of hydrogen-bond acceptors (Lipinski definition) is 5. The Morgan fingerprint density at radius 3 is 2.89 bits per heavy atom. The zero-order valence-corrected chi connectivity index (χ0v) is 15.5. The van der Waals surface area contributed by atoms with Gasteiger partial charge in [0, 0.05) is 23.7 Å². The fraction of sp³-hybridized carbons (Fsp3) is 0.150. The number of hydrogen-bond donors (Lipinski definition) is 1. The Kier molecular flexibility index (Phi) is 4.68. The smallest absolute Gasteiger partial charge is 0.336 e. The van der Waals surface area contributed by atoms with Crippen LogP contribution in [0, 0.1) is 0 Å². The zero-order chi connectivity index (χ0) is 18.8. The summed E-state index contributed by atoms with van der Waals surface area (Å²) in [6.07, 6.45) is 0. The van der Waals surface area contributed by atoms with Crippen LogP contribution >= 0.6 is 11.8 Å². The Labute approximate surface area is 159 Å². The van der Waals surface area contributed by atoms with Crippen molar-refractivity contribution in [3.05, 3.63) is 65.0 Å². The van der Waals surface area contributed by atoms with E-state index in [4.69, 9.17) is 4.42 Å². The molecule has 0 bridgehead atoms. The molecule has 6 nitrogen and oxygen atoms in total. The number of imidazole rings is 1. The summed E-state index contributed by atoms with van der Waals surface area (Å²) < 4.78 is 7.20. The van der Waals surface area contributed by atoms with Crippen molar-refractivity contribution in [3.8, 4) is 0 Å². The van der Waals surface area contributed by atoms with E-state index in [1.807, 2.05) is 24.3 Å². The molecule has 0 saturated carbocycles. The minimum absolute atomic E-state index is 0.119. The average Bonchev–Trinajstić information content (AvgIpc) is 3.04. The van der Waals surface area contributed by atoms with Crippen molar-refractivity contribution in [2.75, 3.05) is 11.1 Å². The lowest BCUT2D eigenvalue weighted by Crippen LogP contribution is -2.14. The van der Waals surface area contributed by atoms with Gasteiger partial charge < -0.3 is 14.3 Å². The first-order chi connectivity index (χ1) is 13.1. The van der Waals surface area contributed by atoms with Gasteiger partial charge in [-0.3, -0.25) is 4.79 Å². The van der Waals surface area contributed by atoms with Gasteiger partial charge in [-0.1, -0.05) is 23.9 Å². The molecule has 2 aromatic heterocycles. The molecule has 0 saturated heterocycles. The van der Waals surface area contributed by atoms with Gasteiger partial charge in [0.25, 0.3) is 0 Å². The van der Waals surface area contributed by atoms with Gasteiger partial charge in [-0.2, -0.15) is 0 Å². The number of nitrogens with zero attached hydrogens (tertiary/aromatic N) is 2. The van der Waals surface area contributed by atoms with E-state index >= 15 is 0 Å². The summed E-state index contributed by atoms with van der Waals surface area (Å²) in [6, 6.07) is 16.2. The highest BCUT2D eigenvalue weighted by atomic mass is 32.2. The number of carbonyl (C=O) groups is 1. The second-order valence-electron chi connectivity index (χ2n) is 5.97. The quantitative estimate of drug-likeness (QED) is 0.420. The fourth-order valence-corrected chi connectivity index (χ4v) is 3.82. The summed E-state index contributed by atoms with van der Waals surface area (Å²) in [7, 11) is 0. The number of aromatic nitrogens is 2. The van der Waals surface area contributed by atoms with Crippen LogP contribution in [0.3, 0.4) is 0 Å². The lowest BCUT2D eigenvalue weighted by molar-refractivity contribution is -0.113. The van der Waals surface area contributed by atoms with E-state index in [0.29, 0.717) is 11.3 Å². The maximum atomic E-state index is 12.3. The third kappa shape index (κ3) is 3.59. The summed E-state index contributed by atoms with van der Waals surface area (Å²) in [4.78, 5) is 28.2. The molecule has 1 N–H and O–H groups in total. The van der Waals surface area contributed by atoms with Crippen molar-refractivity contribution in [2.45, 2.75) is 18.6 Å². The number of anilines is 1. The molecule has 0 atom stereocenters. The summed E-state index contributed by atoms with van der Waals surface area (Å²) >= 11 is 1.41. The van der Waals surface area contributed by atoms with Gasteiger partial charge in [0.15, 0.2) is 5.16 Å². The number of benzene rings is 2. The van der Waals surface area contributed by atoms with Gasteiger partial charge >= 0.3 is 5.63 Å². The molecule has 27 heavy (non-hydrogen) atoms. The largest absolute Gasteiger partial charge is 0.423 e. The standard InChI is InChI=1S/C20H17N3O3S/c1-2-23-16-6-4-3-5-15(16)22-20(23)27-12-18(24)21-14-8-9-17-13(11-14)7-10-19(25)26-17/h3-11H,2,12H2,1H3,(H,21,24). The maximum Gasteiger partial charge on any atom is 0.336 e. The number of amides is 1. The molecule has 0 aliphatic rings. The van der Waals surface area contributed by atoms with Gasteiger partial charge in [0.05, 0.1) is 16.8 Å². The Bertz CT molecular complexity index is 1200. The first-order valence-electron chi connectivity index (χ1n) is 8.56. The molecule has 4 rings (SSSR count). The number of nitrogens with one attached hydrogen (secondary N) is 1. The SMILES string of the molecule is CCn1c(SCC(=O)Nc2ccc3oc(=O)ccc3c2)nc2ccccc21. The van der Waals surface area contributed by atoms with Crippen LogP contribution in [0.25, 0.3) is 22.0 Å². The predicted octanol–water partition coefficient (Wildman–Crippen LogP) is 3.89. The van der Waals surface area contributed by atoms with E-state index < -0.39 is 5.63 Å². The molecule has 136 valence electrons. The van der Waals surface area contributed by atoms with Crippen LogP contribution in [0.1, 0.15) is 6.92 Å².